The van der Waals surface area contributed by atoms with Crippen LogP contribution in [0.5, 0.6) is 17.2 Å². The number of methoxy groups -OCH3 is 3. The maximum Gasteiger partial charge on any atom is 0.121 e. The van der Waals surface area contributed by atoms with Crippen molar-refractivity contribution in [3.8, 4) is 17.2 Å². The Morgan fingerprint density at radius 1 is 0.500 bits per heavy atom. The van der Waals surface area contributed by atoms with Gasteiger partial charge in [0.1, 0.15) is 17.2 Å². The van der Waals surface area contributed by atoms with E-state index in [4.69, 9.17) is 14.2 Å². The summed E-state index contributed by atoms with van der Waals surface area (Å²) < 4.78 is 16.4. The molecule has 3 rings (SSSR count). The van der Waals surface area contributed by atoms with Crippen molar-refractivity contribution in [1.29, 1.82) is 0 Å². The molecule has 3 aromatic carbocycles. The van der Waals surface area contributed by atoms with Crippen LogP contribution < -0.4 is 30.1 Å². The molecule has 4 heteroatoms. The van der Waals surface area contributed by atoms with Crippen molar-refractivity contribution in [3.05, 3.63) is 71.3 Å². The molecular weight excluding hydrogens is 367 g/mol. The summed E-state index contributed by atoms with van der Waals surface area (Å²) in [6, 6.07) is 19.4. The van der Waals surface area contributed by atoms with E-state index < -0.39 is 7.92 Å². The fourth-order valence-electron chi connectivity index (χ4n) is 3.45. The molecule has 28 heavy (non-hydrogen) atoms. The monoisotopic (exact) mass is 394 g/mol. The van der Waals surface area contributed by atoms with Crippen LogP contribution in [0, 0.1) is 20.8 Å². The summed E-state index contributed by atoms with van der Waals surface area (Å²) in [6.45, 7) is 6.27. The largest absolute Gasteiger partial charge is 0.496 e. The van der Waals surface area contributed by atoms with Crippen molar-refractivity contribution < 1.29 is 14.2 Å². The SMILES string of the molecule is COc1ccc(P(c2ccc(OC)c(C)c2)c2ccc(OC)c(C)c2)cc1C. The topological polar surface area (TPSA) is 27.7 Å². The Morgan fingerprint density at radius 3 is 1.00 bits per heavy atom. The Hall–Kier alpha value is -2.51. The maximum atomic E-state index is 5.46. The van der Waals surface area contributed by atoms with Crippen molar-refractivity contribution in [2.24, 2.45) is 0 Å². The van der Waals surface area contributed by atoms with Gasteiger partial charge >= 0.3 is 0 Å². The first-order chi connectivity index (χ1) is 13.5. The Morgan fingerprint density at radius 2 is 0.786 bits per heavy atom. The highest BCUT2D eigenvalue weighted by atomic mass is 31.1. The first-order valence-electron chi connectivity index (χ1n) is 9.22. The Kier molecular flexibility index (Phi) is 6.26. The first-order valence-corrected chi connectivity index (χ1v) is 10.6. The molecule has 3 nitrogen and oxygen atoms in total. The number of hydrogen-bond acceptors (Lipinski definition) is 3. The maximum absolute atomic E-state index is 5.46. The molecule has 0 saturated heterocycles. The predicted molar refractivity (Wildman–Crippen MR) is 119 cm³/mol. The van der Waals surface area contributed by atoms with E-state index in [1.165, 1.54) is 15.9 Å². The molecular formula is C24H27O3P. The smallest absolute Gasteiger partial charge is 0.121 e. The van der Waals surface area contributed by atoms with Gasteiger partial charge in [0.2, 0.25) is 0 Å². The lowest BCUT2D eigenvalue weighted by atomic mass is 10.2. The zero-order chi connectivity index (χ0) is 20.3. The number of aryl methyl sites for hydroxylation is 3. The minimum atomic E-state index is -0.713. The van der Waals surface area contributed by atoms with Gasteiger partial charge in [-0.1, -0.05) is 18.2 Å². The van der Waals surface area contributed by atoms with Crippen LogP contribution in [0.2, 0.25) is 0 Å². The van der Waals surface area contributed by atoms with Crippen molar-refractivity contribution in [1.82, 2.24) is 0 Å². The molecule has 0 aliphatic rings. The van der Waals surface area contributed by atoms with Crippen molar-refractivity contribution in [2.75, 3.05) is 21.3 Å². The number of benzene rings is 3. The van der Waals surface area contributed by atoms with E-state index in [1.807, 2.05) is 0 Å². The van der Waals surface area contributed by atoms with E-state index in [0.717, 1.165) is 33.9 Å². The highest BCUT2D eigenvalue weighted by Crippen LogP contribution is 2.36. The van der Waals surface area contributed by atoms with Gasteiger partial charge in [-0.15, -0.1) is 0 Å². The van der Waals surface area contributed by atoms with Gasteiger partial charge in [-0.05, 0) is 97.7 Å². The van der Waals surface area contributed by atoms with Crippen LogP contribution in [0.25, 0.3) is 0 Å². The molecule has 0 bridgehead atoms. The average molecular weight is 394 g/mol. The van der Waals surface area contributed by atoms with E-state index in [1.54, 1.807) is 21.3 Å². The fraction of sp³-hybridized carbons (Fsp3) is 0.250. The van der Waals surface area contributed by atoms with E-state index in [0.29, 0.717) is 0 Å². The van der Waals surface area contributed by atoms with Crippen LogP contribution in [0.15, 0.2) is 54.6 Å². The summed E-state index contributed by atoms with van der Waals surface area (Å²) in [6.07, 6.45) is 0. The molecule has 3 aromatic rings. The Labute approximate surface area is 169 Å². The van der Waals surface area contributed by atoms with Crippen LogP contribution in [-0.2, 0) is 0 Å². The summed E-state index contributed by atoms with van der Waals surface area (Å²) in [5.74, 6) is 2.74. The van der Waals surface area contributed by atoms with Crippen molar-refractivity contribution >= 4 is 23.8 Å². The normalized spacial score (nSPS) is 10.8. The zero-order valence-electron chi connectivity index (χ0n) is 17.4. The minimum absolute atomic E-state index is 0.713. The summed E-state index contributed by atoms with van der Waals surface area (Å²) >= 11 is 0. The standard InChI is InChI=1S/C24H27O3P/c1-16-13-19(7-10-22(16)25-4)28(20-8-11-23(26-5)17(2)14-20)21-9-12-24(27-6)18(3)15-21/h7-15H,1-6H3. The molecule has 0 spiro atoms. The minimum Gasteiger partial charge on any atom is -0.496 e. The molecule has 0 amide bonds. The van der Waals surface area contributed by atoms with E-state index >= 15 is 0 Å². The average Bonchev–Trinajstić information content (AvgIpc) is 2.69. The third-order valence-electron chi connectivity index (χ3n) is 4.91. The van der Waals surface area contributed by atoms with Gasteiger partial charge in [0, 0.05) is 0 Å². The molecule has 0 heterocycles. The van der Waals surface area contributed by atoms with Crippen LogP contribution in [0.3, 0.4) is 0 Å². The van der Waals surface area contributed by atoms with E-state index in [2.05, 4.69) is 75.4 Å². The van der Waals surface area contributed by atoms with Crippen LogP contribution >= 0.6 is 7.92 Å². The van der Waals surface area contributed by atoms with Crippen LogP contribution in [-0.4, -0.2) is 21.3 Å². The lowest BCUT2D eigenvalue weighted by molar-refractivity contribution is 0.412. The van der Waals surface area contributed by atoms with E-state index in [-0.39, 0.29) is 0 Å². The van der Waals surface area contributed by atoms with Gasteiger partial charge in [0.15, 0.2) is 0 Å². The molecule has 0 unspecified atom stereocenters. The second-order valence-electron chi connectivity index (χ2n) is 6.80. The Balaban J connectivity index is 2.17. The third kappa shape index (κ3) is 4.00. The molecule has 146 valence electrons. The van der Waals surface area contributed by atoms with Gasteiger partial charge in [0.25, 0.3) is 0 Å². The highest BCUT2D eigenvalue weighted by molar-refractivity contribution is 7.79. The molecule has 0 fully saturated rings. The quantitative estimate of drug-likeness (QED) is 0.580. The summed E-state index contributed by atoms with van der Waals surface area (Å²) in [5.41, 5.74) is 3.42. The molecule has 0 atom stereocenters. The van der Waals surface area contributed by atoms with Gasteiger partial charge in [0.05, 0.1) is 21.3 Å². The van der Waals surface area contributed by atoms with Crippen molar-refractivity contribution in [3.63, 3.8) is 0 Å². The van der Waals surface area contributed by atoms with Crippen LogP contribution in [0.1, 0.15) is 16.7 Å². The van der Waals surface area contributed by atoms with Gasteiger partial charge in [-0.25, -0.2) is 0 Å². The summed E-state index contributed by atoms with van der Waals surface area (Å²) in [5, 5.41) is 3.88. The molecule has 0 N–H and O–H groups in total. The second kappa shape index (κ2) is 8.67. The van der Waals surface area contributed by atoms with E-state index in [9.17, 15) is 0 Å². The summed E-state index contributed by atoms with van der Waals surface area (Å²) in [7, 11) is 4.42. The second-order valence-corrected chi connectivity index (χ2v) is 9.02. The van der Waals surface area contributed by atoms with Crippen molar-refractivity contribution in [2.45, 2.75) is 20.8 Å². The number of rotatable bonds is 6. The highest BCUT2D eigenvalue weighted by Gasteiger charge is 2.19. The van der Waals surface area contributed by atoms with Gasteiger partial charge in [-0.3, -0.25) is 0 Å². The number of hydrogen-bond donors (Lipinski definition) is 0. The Bertz CT molecular complexity index is 854. The first kappa shape index (κ1) is 20.2. The van der Waals surface area contributed by atoms with Gasteiger partial charge in [-0.2, -0.15) is 0 Å². The van der Waals surface area contributed by atoms with Gasteiger partial charge < -0.3 is 14.2 Å². The molecule has 0 saturated carbocycles. The van der Waals surface area contributed by atoms with Crippen LogP contribution in [0.4, 0.5) is 0 Å². The molecule has 0 radical (unpaired) electrons. The number of ether oxygens (including phenoxy) is 3. The summed E-state index contributed by atoms with van der Waals surface area (Å²) in [4.78, 5) is 0. The molecule has 0 aliphatic carbocycles. The molecule has 0 aliphatic heterocycles. The predicted octanol–water partition coefficient (Wildman–Crippen LogP) is 4.40. The lowest BCUT2D eigenvalue weighted by Crippen LogP contribution is -2.21. The third-order valence-corrected chi connectivity index (χ3v) is 7.29. The molecule has 0 aromatic heterocycles. The zero-order valence-corrected chi connectivity index (χ0v) is 18.3. The lowest BCUT2D eigenvalue weighted by Gasteiger charge is -2.22. The fourth-order valence-corrected chi connectivity index (χ4v) is 5.99.